The first kappa shape index (κ1) is 13.3. The number of nitrogens with one attached hydrogen (secondary N) is 1. The third-order valence-corrected chi connectivity index (χ3v) is 4.15. The molecule has 2 unspecified atom stereocenters. The molecule has 1 aromatic rings. The molecule has 0 aliphatic heterocycles. The van der Waals surface area contributed by atoms with Gasteiger partial charge in [-0.3, -0.25) is 0 Å². The molecule has 16 heavy (non-hydrogen) atoms. The van der Waals surface area contributed by atoms with Gasteiger partial charge in [-0.2, -0.15) is 11.8 Å². The Morgan fingerprint density at radius 3 is 2.88 bits per heavy atom. The minimum atomic E-state index is 0.285. The summed E-state index contributed by atoms with van der Waals surface area (Å²) in [5.41, 5.74) is 6.97. The highest BCUT2D eigenvalue weighted by Gasteiger charge is 2.13. The van der Waals surface area contributed by atoms with Crippen LogP contribution in [0.15, 0.2) is 18.3 Å². The lowest BCUT2D eigenvalue weighted by atomic mass is 10.1. The zero-order chi connectivity index (χ0) is 12.0. The first-order valence-electron chi connectivity index (χ1n) is 5.68. The Morgan fingerprint density at radius 2 is 2.31 bits per heavy atom. The minimum absolute atomic E-state index is 0.285. The summed E-state index contributed by atoms with van der Waals surface area (Å²) >= 11 is 1.97. The number of nitrogens with two attached hydrogens (primary N) is 1. The maximum atomic E-state index is 5.88. The van der Waals surface area contributed by atoms with Crippen LogP contribution in [0.4, 0.5) is 5.82 Å². The SMILES string of the molecule is CCC(C)SCC(NC)c1cccnc1N. The van der Waals surface area contributed by atoms with Gasteiger partial charge in [-0.05, 0) is 19.5 Å². The van der Waals surface area contributed by atoms with Gasteiger partial charge in [-0.15, -0.1) is 0 Å². The topological polar surface area (TPSA) is 50.9 Å². The number of hydrogen-bond acceptors (Lipinski definition) is 4. The third-order valence-electron chi connectivity index (χ3n) is 2.72. The largest absolute Gasteiger partial charge is 0.383 e. The highest BCUT2D eigenvalue weighted by Crippen LogP contribution is 2.24. The van der Waals surface area contributed by atoms with E-state index < -0.39 is 0 Å². The van der Waals surface area contributed by atoms with Crippen molar-refractivity contribution < 1.29 is 0 Å². The number of nitrogen functional groups attached to an aromatic ring is 1. The van der Waals surface area contributed by atoms with Crippen LogP contribution >= 0.6 is 11.8 Å². The summed E-state index contributed by atoms with van der Waals surface area (Å²) in [5, 5.41) is 3.99. The Morgan fingerprint density at radius 1 is 1.56 bits per heavy atom. The van der Waals surface area contributed by atoms with Crippen LogP contribution in [-0.2, 0) is 0 Å². The van der Waals surface area contributed by atoms with Gasteiger partial charge in [-0.25, -0.2) is 4.98 Å². The Balaban J connectivity index is 2.64. The van der Waals surface area contributed by atoms with Crippen molar-refractivity contribution in [1.29, 1.82) is 0 Å². The molecular weight excluding hydrogens is 218 g/mol. The minimum Gasteiger partial charge on any atom is -0.383 e. The van der Waals surface area contributed by atoms with Gasteiger partial charge in [-0.1, -0.05) is 19.9 Å². The van der Waals surface area contributed by atoms with Gasteiger partial charge in [0.05, 0.1) is 0 Å². The molecule has 2 atom stereocenters. The maximum Gasteiger partial charge on any atom is 0.128 e. The molecule has 0 radical (unpaired) electrons. The van der Waals surface area contributed by atoms with Crippen molar-refractivity contribution in [1.82, 2.24) is 10.3 Å². The van der Waals surface area contributed by atoms with E-state index in [0.29, 0.717) is 11.1 Å². The molecule has 0 spiro atoms. The fraction of sp³-hybridized carbons (Fsp3) is 0.583. The van der Waals surface area contributed by atoms with Crippen molar-refractivity contribution >= 4 is 17.6 Å². The molecule has 90 valence electrons. The van der Waals surface area contributed by atoms with Gasteiger partial charge in [0.25, 0.3) is 0 Å². The van der Waals surface area contributed by atoms with Crippen LogP contribution in [0.2, 0.25) is 0 Å². The molecular formula is C12H21N3S. The number of hydrogen-bond donors (Lipinski definition) is 2. The van der Waals surface area contributed by atoms with Crippen molar-refractivity contribution in [3.63, 3.8) is 0 Å². The fourth-order valence-electron chi connectivity index (χ4n) is 1.43. The summed E-state index contributed by atoms with van der Waals surface area (Å²) in [6, 6.07) is 4.26. The third kappa shape index (κ3) is 3.68. The zero-order valence-electron chi connectivity index (χ0n) is 10.2. The first-order valence-corrected chi connectivity index (χ1v) is 6.73. The smallest absolute Gasteiger partial charge is 0.128 e. The molecule has 1 aromatic heterocycles. The van der Waals surface area contributed by atoms with E-state index in [4.69, 9.17) is 5.73 Å². The standard InChI is InChI=1S/C12H21N3S/c1-4-9(2)16-8-11(14-3)10-6-5-7-15-12(10)13/h5-7,9,11,14H,4,8H2,1-3H3,(H2,13,15). The lowest BCUT2D eigenvalue weighted by Gasteiger charge is -2.19. The van der Waals surface area contributed by atoms with Crippen LogP contribution in [-0.4, -0.2) is 23.0 Å². The zero-order valence-corrected chi connectivity index (χ0v) is 11.1. The van der Waals surface area contributed by atoms with Crippen molar-refractivity contribution in [2.75, 3.05) is 18.5 Å². The average molecular weight is 239 g/mol. The molecule has 1 rings (SSSR count). The number of rotatable bonds is 6. The van der Waals surface area contributed by atoms with Crippen molar-refractivity contribution in [2.24, 2.45) is 0 Å². The summed E-state index contributed by atoms with van der Waals surface area (Å²) in [4.78, 5) is 4.12. The molecule has 4 heteroatoms. The Kier molecular flexibility index (Phi) is 5.63. The molecule has 0 aromatic carbocycles. The fourth-order valence-corrected chi connectivity index (χ4v) is 2.53. The Bertz CT molecular complexity index is 317. The predicted octanol–water partition coefficient (Wildman–Crippen LogP) is 2.46. The van der Waals surface area contributed by atoms with Crippen LogP contribution in [0.5, 0.6) is 0 Å². The summed E-state index contributed by atoms with van der Waals surface area (Å²) in [6.07, 6.45) is 2.93. The molecule has 0 saturated carbocycles. The predicted molar refractivity (Wildman–Crippen MR) is 72.7 cm³/mol. The van der Waals surface area contributed by atoms with E-state index in [-0.39, 0.29) is 6.04 Å². The normalized spacial score (nSPS) is 14.7. The highest BCUT2D eigenvalue weighted by atomic mass is 32.2. The molecule has 0 aliphatic carbocycles. The summed E-state index contributed by atoms with van der Waals surface area (Å²) in [5.74, 6) is 1.66. The van der Waals surface area contributed by atoms with Crippen molar-refractivity contribution in [3.05, 3.63) is 23.9 Å². The van der Waals surface area contributed by atoms with Crippen molar-refractivity contribution in [2.45, 2.75) is 31.6 Å². The van der Waals surface area contributed by atoms with E-state index in [1.165, 1.54) is 6.42 Å². The molecule has 1 heterocycles. The van der Waals surface area contributed by atoms with Crippen molar-refractivity contribution in [3.8, 4) is 0 Å². The van der Waals surface area contributed by atoms with Gasteiger partial charge < -0.3 is 11.1 Å². The van der Waals surface area contributed by atoms with Gasteiger partial charge in [0, 0.05) is 28.8 Å². The first-order chi connectivity index (χ1) is 7.69. The van der Waals surface area contributed by atoms with Crippen LogP contribution < -0.4 is 11.1 Å². The molecule has 0 saturated heterocycles. The lowest BCUT2D eigenvalue weighted by molar-refractivity contribution is 0.660. The van der Waals surface area contributed by atoms with Crippen LogP contribution in [0.25, 0.3) is 0 Å². The number of anilines is 1. The number of pyridine rings is 1. The monoisotopic (exact) mass is 239 g/mol. The van der Waals surface area contributed by atoms with Gasteiger partial charge in [0.2, 0.25) is 0 Å². The number of aromatic nitrogens is 1. The molecule has 0 aliphatic rings. The Hall–Kier alpha value is -0.740. The second kappa shape index (κ2) is 6.76. The average Bonchev–Trinajstić information content (AvgIpc) is 2.31. The molecule has 0 amide bonds. The van der Waals surface area contributed by atoms with Crippen LogP contribution in [0, 0.1) is 0 Å². The molecule has 0 bridgehead atoms. The summed E-state index contributed by atoms with van der Waals surface area (Å²) in [6.45, 7) is 4.47. The lowest BCUT2D eigenvalue weighted by Crippen LogP contribution is -2.21. The van der Waals surface area contributed by atoms with Gasteiger partial charge in [0.1, 0.15) is 5.82 Å². The number of nitrogens with zero attached hydrogens (tertiary/aromatic N) is 1. The van der Waals surface area contributed by atoms with E-state index in [9.17, 15) is 0 Å². The van der Waals surface area contributed by atoms with Crippen LogP contribution in [0.3, 0.4) is 0 Å². The van der Waals surface area contributed by atoms with Gasteiger partial charge >= 0.3 is 0 Å². The maximum absolute atomic E-state index is 5.88. The second-order valence-electron chi connectivity index (χ2n) is 3.87. The van der Waals surface area contributed by atoms with Gasteiger partial charge in [0.15, 0.2) is 0 Å². The van der Waals surface area contributed by atoms with E-state index in [1.807, 2.05) is 30.9 Å². The quantitative estimate of drug-likeness (QED) is 0.800. The summed E-state index contributed by atoms with van der Waals surface area (Å²) < 4.78 is 0. The molecule has 0 fully saturated rings. The number of thioether (sulfide) groups is 1. The highest BCUT2D eigenvalue weighted by molar-refractivity contribution is 7.99. The van der Waals surface area contributed by atoms with E-state index in [2.05, 4.69) is 24.1 Å². The van der Waals surface area contributed by atoms with E-state index in [0.717, 1.165) is 11.3 Å². The second-order valence-corrected chi connectivity index (χ2v) is 5.34. The van der Waals surface area contributed by atoms with E-state index >= 15 is 0 Å². The summed E-state index contributed by atoms with van der Waals surface area (Å²) in [7, 11) is 1.97. The molecule has 3 nitrogen and oxygen atoms in total. The van der Waals surface area contributed by atoms with E-state index in [1.54, 1.807) is 6.20 Å². The van der Waals surface area contributed by atoms with Crippen LogP contribution in [0.1, 0.15) is 31.9 Å². The molecule has 3 N–H and O–H groups in total. The Labute approximate surface area is 102 Å².